The fourth-order valence-corrected chi connectivity index (χ4v) is 1.62. The number of carbonyl (C=O) groups excluding carboxylic acids is 1. The van der Waals surface area contributed by atoms with Gasteiger partial charge in [-0.15, -0.1) is 11.8 Å². The number of pyridine rings is 1. The molecular weight excluding hydrogens is 184 g/mol. The third kappa shape index (κ3) is 3.94. The van der Waals surface area contributed by atoms with Crippen LogP contribution in [0, 0.1) is 0 Å². The Morgan fingerprint density at radius 3 is 3.08 bits per heavy atom. The first-order chi connectivity index (χ1) is 6.33. The van der Waals surface area contributed by atoms with Gasteiger partial charge in [0.15, 0.2) is 0 Å². The zero-order valence-corrected chi connectivity index (χ0v) is 8.30. The molecule has 0 saturated heterocycles. The van der Waals surface area contributed by atoms with Crippen molar-refractivity contribution in [2.24, 2.45) is 0 Å². The van der Waals surface area contributed by atoms with E-state index >= 15 is 0 Å². The molecule has 3 nitrogen and oxygen atoms in total. The highest BCUT2D eigenvalue weighted by atomic mass is 32.2. The molecule has 1 amide bonds. The molecule has 1 heterocycles. The number of hydrogen-bond donors (Lipinski definition) is 1. The van der Waals surface area contributed by atoms with Gasteiger partial charge in [-0.05, 0) is 12.1 Å². The Morgan fingerprint density at radius 2 is 2.46 bits per heavy atom. The summed E-state index contributed by atoms with van der Waals surface area (Å²) in [6.07, 6.45) is 1.76. The number of aromatic nitrogens is 1. The van der Waals surface area contributed by atoms with Gasteiger partial charge in [-0.3, -0.25) is 9.78 Å². The summed E-state index contributed by atoms with van der Waals surface area (Å²) in [5.41, 5.74) is 1.01. The van der Waals surface area contributed by atoms with Gasteiger partial charge >= 0.3 is 0 Å². The Balaban J connectivity index is 2.24. The van der Waals surface area contributed by atoms with Crippen LogP contribution < -0.4 is 5.32 Å². The summed E-state index contributed by atoms with van der Waals surface area (Å²) >= 11 is 1.56. The van der Waals surface area contributed by atoms with Gasteiger partial charge in [0.1, 0.15) is 0 Å². The van der Waals surface area contributed by atoms with Crippen molar-refractivity contribution in [2.75, 3.05) is 12.8 Å². The molecule has 0 radical (unpaired) electrons. The van der Waals surface area contributed by atoms with E-state index in [1.165, 1.54) is 0 Å². The van der Waals surface area contributed by atoms with Crippen molar-refractivity contribution in [1.29, 1.82) is 0 Å². The van der Waals surface area contributed by atoms with E-state index in [1.807, 2.05) is 18.2 Å². The first-order valence-electron chi connectivity index (χ1n) is 4.01. The second-order valence-electron chi connectivity index (χ2n) is 2.49. The molecule has 0 aliphatic rings. The molecule has 0 fully saturated rings. The standard InChI is InChI=1S/C9H12N2OS/c1-10-9(12)7-13-6-8-4-2-3-5-11-8/h2-5H,6-7H2,1H3,(H,10,12). The lowest BCUT2D eigenvalue weighted by Gasteiger charge is -1.99. The molecule has 0 atom stereocenters. The molecule has 0 unspecified atom stereocenters. The Bertz CT molecular complexity index is 264. The van der Waals surface area contributed by atoms with Crippen LogP contribution in [-0.2, 0) is 10.5 Å². The number of hydrogen-bond acceptors (Lipinski definition) is 3. The first-order valence-corrected chi connectivity index (χ1v) is 5.16. The largest absolute Gasteiger partial charge is 0.358 e. The zero-order valence-electron chi connectivity index (χ0n) is 7.49. The molecule has 13 heavy (non-hydrogen) atoms. The first kappa shape index (κ1) is 10.1. The topological polar surface area (TPSA) is 42.0 Å². The van der Waals surface area contributed by atoms with Crippen LogP contribution in [0.2, 0.25) is 0 Å². The van der Waals surface area contributed by atoms with Crippen molar-refractivity contribution in [1.82, 2.24) is 10.3 Å². The van der Waals surface area contributed by atoms with Crippen LogP contribution in [-0.4, -0.2) is 23.7 Å². The maximum absolute atomic E-state index is 10.8. The SMILES string of the molecule is CNC(=O)CSCc1ccccn1. The number of rotatable bonds is 4. The maximum atomic E-state index is 10.8. The van der Waals surface area contributed by atoms with Gasteiger partial charge in [-0.1, -0.05) is 6.07 Å². The van der Waals surface area contributed by atoms with Gasteiger partial charge in [0, 0.05) is 19.0 Å². The van der Waals surface area contributed by atoms with E-state index in [-0.39, 0.29) is 5.91 Å². The molecule has 1 N–H and O–H groups in total. The molecule has 0 spiro atoms. The second-order valence-corrected chi connectivity index (χ2v) is 3.47. The Morgan fingerprint density at radius 1 is 1.62 bits per heavy atom. The average Bonchev–Trinajstić information content (AvgIpc) is 2.19. The minimum Gasteiger partial charge on any atom is -0.358 e. The number of carbonyl (C=O) groups is 1. The van der Waals surface area contributed by atoms with Crippen LogP contribution in [0.5, 0.6) is 0 Å². The van der Waals surface area contributed by atoms with E-state index in [9.17, 15) is 4.79 Å². The summed E-state index contributed by atoms with van der Waals surface area (Å²) in [7, 11) is 1.64. The molecule has 0 saturated carbocycles. The Hall–Kier alpha value is -1.03. The van der Waals surface area contributed by atoms with E-state index in [2.05, 4.69) is 10.3 Å². The average molecular weight is 196 g/mol. The third-order valence-corrected chi connectivity index (χ3v) is 2.45. The zero-order chi connectivity index (χ0) is 9.52. The lowest BCUT2D eigenvalue weighted by molar-refractivity contribution is -0.118. The van der Waals surface area contributed by atoms with Crippen molar-refractivity contribution < 1.29 is 4.79 Å². The van der Waals surface area contributed by atoms with E-state index < -0.39 is 0 Å². The maximum Gasteiger partial charge on any atom is 0.229 e. The van der Waals surface area contributed by atoms with Crippen LogP contribution in [0.3, 0.4) is 0 Å². The number of amides is 1. The van der Waals surface area contributed by atoms with Crippen molar-refractivity contribution in [3.8, 4) is 0 Å². The van der Waals surface area contributed by atoms with Crippen LogP contribution in [0.4, 0.5) is 0 Å². The summed E-state index contributed by atoms with van der Waals surface area (Å²) in [6.45, 7) is 0. The molecule has 0 aliphatic carbocycles. The van der Waals surface area contributed by atoms with Gasteiger partial charge in [-0.2, -0.15) is 0 Å². The van der Waals surface area contributed by atoms with E-state index in [1.54, 1.807) is 25.0 Å². The molecule has 1 rings (SSSR count). The molecule has 0 bridgehead atoms. The lowest BCUT2D eigenvalue weighted by atomic mass is 10.4. The van der Waals surface area contributed by atoms with Gasteiger partial charge < -0.3 is 5.32 Å². The summed E-state index contributed by atoms with van der Waals surface area (Å²) in [6, 6.07) is 5.78. The van der Waals surface area contributed by atoms with Crippen LogP contribution in [0.15, 0.2) is 24.4 Å². The predicted molar refractivity (Wildman–Crippen MR) is 54.5 cm³/mol. The van der Waals surface area contributed by atoms with Gasteiger partial charge in [0.2, 0.25) is 5.91 Å². The van der Waals surface area contributed by atoms with E-state index in [4.69, 9.17) is 0 Å². The number of thioether (sulfide) groups is 1. The molecule has 4 heteroatoms. The predicted octanol–water partition coefficient (Wildman–Crippen LogP) is 1.06. The monoisotopic (exact) mass is 196 g/mol. The smallest absolute Gasteiger partial charge is 0.229 e. The van der Waals surface area contributed by atoms with Crippen LogP contribution in [0.25, 0.3) is 0 Å². The highest BCUT2D eigenvalue weighted by Gasteiger charge is 1.98. The van der Waals surface area contributed by atoms with E-state index in [0.29, 0.717) is 5.75 Å². The number of nitrogens with one attached hydrogen (secondary N) is 1. The van der Waals surface area contributed by atoms with Crippen molar-refractivity contribution in [2.45, 2.75) is 5.75 Å². The fraction of sp³-hybridized carbons (Fsp3) is 0.333. The van der Waals surface area contributed by atoms with Crippen LogP contribution in [0.1, 0.15) is 5.69 Å². The molecule has 1 aromatic rings. The second kappa shape index (κ2) is 5.59. The van der Waals surface area contributed by atoms with Gasteiger partial charge in [0.05, 0.1) is 11.4 Å². The van der Waals surface area contributed by atoms with Gasteiger partial charge in [0.25, 0.3) is 0 Å². The molecule has 1 aromatic heterocycles. The van der Waals surface area contributed by atoms with Crippen molar-refractivity contribution >= 4 is 17.7 Å². The number of nitrogens with zero attached hydrogens (tertiary/aromatic N) is 1. The highest BCUT2D eigenvalue weighted by molar-refractivity contribution is 7.99. The fourth-order valence-electron chi connectivity index (χ4n) is 0.804. The summed E-state index contributed by atoms with van der Waals surface area (Å²) in [5, 5.41) is 2.57. The Kier molecular flexibility index (Phi) is 4.32. The summed E-state index contributed by atoms with van der Waals surface area (Å²) in [4.78, 5) is 15.0. The van der Waals surface area contributed by atoms with Crippen LogP contribution >= 0.6 is 11.8 Å². The minimum absolute atomic E-state index is 0.0564. The quantitative estimate of drug-likeness (QED) is 0.783. The Labute approximate surface area is 81.9 Å². The molecule has 70 valence electrons. The van der Waals surface area contributed by atoms with E-state index in [0.717, 1.165) is 11.4 Å². The summed E-state index contributed by atoms with van der Waals surface area (Å²) < 4.78 is 0. The van der Waals surface area contributed by atoms with Crippen molar-refractivity contribution in [3.63, 3.8) is 0 Å². The normalized spacial score (nSPS) is 9.62. The minimum atomic E-state index is 0.0564. The van der Waals surface area contributed by atoms with Gasteiger partial charge in [-0.25, -0.2) is 0 Å². The third-order valence-electron chi connectivity index (χ3n) is 1.49. The highest BCUT2D eigenvalue weighted by Crippen LogP contribution is 2.08. The summed E-state index contributed by atoms with van der Waals surface area (Å²) in [5.74, 6) is 1.34. The lowest BCUT2D eigenvalue weighted by Crippen LogP contribution is -2.19. The molecular formula is C9H12N2OS. The molecule has 0 aromatic carbocycles. The molecule has 0 aliphatic heterocycles. The van der Waals surface area contributed by atoms with Crippen molar-refractivity contribution in [3.05, 3.63) is 30.1 Å².